The minimum Gasteiger partial charge on any atom is -0.335 e. The van der Waals surface area contributed by atoms with Gasteiger partial charge in [0.15, 0.2) is 0 Å². The van der Waals surface area contributed by atoms with Crippen molar-refractivity contribution in [3.63, 3.8) is 0 Å². The van der Waals surface area contributed by atoms with E-state index in [0.29, 0.717) is 32.5 Å². The summed E-state index contributed by atoms with van der Waals surface area (Å²) in [6, 6.07) is 5.57. The van der Waals surface area contributed by atoms with Crippen LogP contribution in [0.1, 0.15) is 18.4 Å². The number of nitrogens with zero attached hydrogens (tertiary/aromatic N) is 1. The van der Waals surface area contributed by atoms with Gasteiger partial charge < -0.3 is 10.6 Å². The highest BCUT2D eigenvalue weighted by Crippen LogP contribution is 2.13. The monoisotopic (exact) mass is 329 g/mol. The molecule has 0 radical (unpaired) electrons. The fourth-order valence-corrected chi connectivity index (χ4v) is 3.23. The first kappa shape index (κ1) is 16.7. The van der Waals surface area contributed by atoms with Gasteiger partial charge in [0, 0.05) is 25.7 Å². The third-order valence-electron chi connectivity index (χ3n) is 3.62. The van der Waals surface area contributed by atoms with Crippen LogP contribution in [0.2, 0.25) is 0 Å². The van der Waals surface area contributed by atoms with Crippen LogP contribution >= 0.6 is 0 Å². The third-order valence-corrected chi connectivity index (χ3v) is 4.93. The summed E-state index contributed by atoms with van der Waals surface area (Å²) in [5, 5.41) is 5.53. The predicted molar refractivity (Wildman–Crippen MR) is 81.2 cm³/mol. The van der Waals surface area contributed by atoms with E-state index in [4.69, 9.17) is 0 Å². The van der Waals surface area contributed by atoms with E-state index < -0.39 is 10.0 Å². The second-order valence-electron chi connectivity index (χ2n) is 5.39. The number of hydrogen-bond acceptors (Lipinski definition) is 3. The number of carbonyl (C=O) groups excluding carboxylic acids is 1. The lowest BCUT2D eigenvalue weighted by Gasteiger charge is -2.30. The fourth-order valence-electron chi connectivity index (χ4n) is 2.35. The number of hydrogen-bond donors (Lipinski definition) is 2. The summed E-state index contributed by atoms with van der Waals surface area (Å²) in [5.74, 6) is -0.314. The van der Waals surface area contributed by atoms with Crippen molar-refractivity contribution in [3.05, 3.63) is 35.6 Å². The number of piperidine rings is 1. The zero-order valence-electron chi connectivity index (χ0n) is 12.4. The summed E-state index contributed by atoms with van der Waals surface area (Å²) in [7, 11) is -3.15. The van der Waals surface area contributed by atoms with E-state index in [2.05, 4.69) is 10.6 Å². The van der Waals surface area contributed by atoms with Gasteiger partial charge in [-0.05, 0) is 30.5 Å². The van der Waals surface area contributed by atoms with Crippen molar-refractivity contribution >= 4 is 16.1 Å². The van der Waals surface area contributed by atoms with Gasteiger partial charge >= 0.3 is 6.03 Å². The Morgan fingerprint density at radius 3 is 2.41 bits per heavy atom. The van der Waals surface area contributed by atoms with E-state index in [1.807, 2.05) is 0 Å². The number of amides is 2. The largest absolute Gasteiger partial charge is 0.335 e. The predicted octanol–water partition coefficient (Wildman–Crippen LogP) is 1.05. The third kappa shape index (κ3) is 4.96. The summed E-state index contributed by atoms with van der Waals surface area (Å²) in [6.45, 7) is 1.15. The van der Waals surface area contributed by atoms with Crippen molar-refractivity contribution in [2.45, 2.75) is 25.4 Å². The zero-order chi connectivity index (χ0) is 16.2. The number of carbonyl (C=O) groups is 1. The molecule has 0 unspecified atom stereocenters. The molecule has 6 nitrogen and oxygen atoms in total. The second-order valence-corrected chi connectivity index (χ2v) is 7.37. The molecular formula is C14H20FN3O3S. The molecule has 0 aromatic heterocycles. The van der Waals surface area contributed by atoms with Gasteiger partial charge in [-0.15, -0.1) is 0 Å². The average molecular weight is 329 g/mol. The first-order chi connectivity index (χ1) is 10.3. The summed E-state index contributed by atoms with van der Waals surface area (Å²) >= 11 is 0. The van der Waals surface area contributed by atoms with Crippen LogP contribution in [0.5, 0.6) is 0 Å². The number of halogens is 1. The van der Waals surface area contributed by atoms with E-state index in [1.165, 1.54) is 22.7 Å². The maximum absolute atomic E-state index is 12.8. The molecular weight excluding hydrogens is 309 g/mol. The smallest absolute Gasteiger partial charge is 0.315 e. The Labute approximate surface area is 129 Å². The van der Waals surface area contributed by atoms with Crippen LogP contribution in [0.25, 0.3) is 0 Å². The van der Waals surface area contributed by atoms with Gasteiger partial charge in [-0.1, -0.05) is 12.1 Å². The van der Waals surface area contributed by atoms with Gasteiger partial charge in [-0.3, -0.25) is 0 Å². The summed E-state index contributed by atoms with van der Waals surface area (Å²) in [5.41, 5.74) is 0.809. The van der Waals surface area contributed by atoms with Crippen LogP contribution in [0.4, 0.5) is 9.18 Å². The van der Waals surface area contributed by atoms with E-state index >= 15 is 0 Å². The SMILES string of the molecule is CS(=O)(=O)N1CCC(NC(=O)NCc2ccc(F)cc2)CC1. The average Bonchev–Trinajstić information content (AvgIpc) is 2.46. The Hall–Kier alpha value is -1.67. The number of sulfonamides is 1. The summed E-state index contributed by atoms with van der Waals surface area (Å²) < 4.78 is 37.0. The molecule has 0 aliphatic carbocycles. The normalized spacial score (nSPS) is 17.2. The van der Waals surface area contributed by atoms with Gasteiger partial charge in [0.05, 0.1) is 6.26 Å². The van der Waals surface area contributed by atoms with Gasteiger partial charge in [-0.2, -0.15) is 0 Å². The minimum atomic E-state index is -3.15. The molecule has 2 rings (SSSR count). The van der Waals surface area contributed by atoms with Crippen molar-refractivity contribution in [1.82, 2.24) is 14.9 Å². The Bertz CT molecular complexity index is 611. The van der Waals surface area contributed by atoms with Gasteiger partial charge in [-0.25, -0.2) is 21.9 Å². The highest BCUT2D eigenvalue weighted by Gasteiger charge is 2.25. The molecule has 1 aliphatic rings. The lowest BCUT2D eigenvalue weighted by molar-refractivity contribution is 0.227. The van der Waals surface area contributed by atoms with Crippen LogP contribution < -0.4 is 10.6 Å². The molecule has 22 heavy (non-hydrogen) atoms. The molecule has 2 amide bonds. The lowest BCUT2D eigenvalue weighted by atomic mass is 10.1. The fraction of sp³-hybridized carbons (Fsp3) is 0.500. The van der Waals surface area contributed by atoms with Gasteiger partial charge in [0.1, 0.15) is 5.82 Å². The molecule has 8 heteroatoms. The van der Waals surface area contributed by atoms with E-state index in [1.54, 1.807) is 12.1 Å². The van der Waals surface area contributed by atoms with Crippen LogP contribution in [-0.4, -0.2) is 44.1 Å². The first-order valence-electron chi connectivity index (χ1n) is 7.08. The van der Waals surface area contributed by atoms with Crippen molar-refractivity contribution in [2.24, 2.45) is 0 Å². The van der Waals surface area contributed by atoms with Crippen LogP contribution in [0, 0.1) is 5.82 Å². The Kier molecular flexibility index (Phi) is 5.36. The Balaban J connectivity index is 1.73. The molecule has 1 aromatic carbocycles. The number of rotatable bonds is 4. The standard InChI is InChI=1S/C14H20FN3O3S/c1-22(20,21)18-8-6-13(7-9-18)17-14(19)16-10-11-2-4-12(15)5-3-11/h2-5,13H,6-10H2,1H3,(H2,16,17,19). The Morgan fingerprint density at radius 2 is 1.86 bits per heavy atom. The molecule has 1 saturated heterocycles. The highest BCUT2D eigenvalue weighted by atomic mass is 32.2. The lowest BCUT2D eigenvalue weighted by Crippen LogP contribution is -2.48. The summed E-state index contributed by atoms with van der Waals surface area (Å²) in [4.78, 5) is 11.8. The van der Waals surface area contributed by atoms with Gasteiger partial charge in [0.25, 0.3) is 0 Å². The molecule has 0 saturated carbocycles. The number of urea groups is 1. The molecule has 2 N–H and O–H groups in total. The molecule has 122 valence electrons. The van der Waals surface area contributed by atoms with Crippen molar-refractivity contribution in [3.8, 4) is 0 Å². The zero-order valence-corrected chi connectivity index (χ0v) is 13.2. The molecule has 0 atom stereocenters. The van der Waals surface area contributed by atoms with Crippen LogP contribution in [-0.2, 0) is 16.6 Å². The van der Waals surface area contributed by atoms with Gasteiger partial charge in [0.2, 0.25) is 10.0 Å². The van der Waals surface area contributed by atoms with Crippen molar-refractivity contribution in [2.75, 3.05) is 19.3 Å². The molecule has 1 aliphatic heterocycles. The second kappa shape index (κ2) is 7.06. The molecule has 0 spiro atoms. The molecule has 0 bridgehead atoms. The van der Waals surface area contributed by atoms with Crippen molar-refractivity contribution < 1.29 is 17.6 Å². The van der Waals surface area contributed by atoms with Crippen LogP contribution in [0.15, 0.2) is 24.3 Å². The highest BCUT2D eigenvalue weighted by molar-refractivity contribution is 7.88. The number of nitrogens with one attached hydrogen (secondary N) is 2. The van der Waals surface area contributed by atoms with Crippen molar-refractivity contribution in [1.29, 1.82) is 0 Å². The first-order valence-corrected chi connectivity index (χ1v) is 8.93. The molecule has 1 fully saturated rings. The molecule has 1 heterocycles. The van der Waals surface area contributed by atoms with E-state index in [9.17, 15) is 17.6 Å². The maximum atomic E-state index is 12.8. The van der Waals surface area contributed by atoms with E-state index in [0.717, 1.165) is 5.56 Å². The number of benzene rings is 1. The molecule has 1 aromatic rings. The minimum absolute atomic E-state index is 0.0359. The maximum Gasteiger partial charge on any atom is 0.315 e. The van der Waals surface area contributed by atoms with E-state index in [-0.39, 0.29) is 17.9 Å². The summed E-state index contributed by atoms with van der Waals surface area (Å²) in [6.07, 6.45) is 2.38. The topological polar surface area (TPSA) is 78.5 Å². The quantitative estimate of drug-likeness (QED) is 0.867. The van der Waals surface area contributed by atoms with Crippen LogP contribution in [0.3, 0.4) is 0 Å². The Morgan fingerprint density at radius 1 is 1.27 bits per heavy atom.